The van der Waals surface area contributed by atoms with Crippen LogP contribution in [0.3, 0.4) is 0 Å². The highest BCUT2D eigenvalue weighted by atomic mass is 15.3. The molecule has 2 rings (SSSR count). The van der Waals surface area contributed by atoms with Crippen LogP contribution >= 0.6 is 0 Å². The molecule has 1 aromatic heterocycles. The van der Waals surface area contributed by atoms with E-state index in [1.54, 1.807) is 0 Å². The Balaban J connectivity index is 2.00. The molecule has 0 aromatic carbocycles. The third-order valence-corrected chi connectivity index (χ3v) is 3.49. The van der Waals surface area contributed by atoms with Gasteiger partial charge in [-0.05, 0) is 25.2 Å². The Hall–Kier alpha value is -1.36. The van der Waals surface area contributed by atoms with Crippen LogP contribution in [-0.2, 0) is 0 Å². The zero-order valence-corrected chi connectivity index (χ0v) is 10.6. The molecule has 1 aliphatic carbocycles. The predicted octanol–water partition coefficient (Wildman–Crippen LogP) is 2.06. The van der Waals surface area contributed by atoms with Gasteiger partial charge in [-0.25, -0.2) is 10.8 Å². The van der Waals surface area contributed by atoms with Crippen LogP contribution in [-0.4, -0.2) is 16.5 Å². The highest BCUT2D eigenvalue weighted by Gasteiger charge is 2.28. The van der Waals surface area contributed by atoms with Gasteiger partial charge in [0.25, 0.3) is 0 Å². The molecule has 5 nitrogen and oxygen atoms in total. The average molecular weight is 235 g/mol. The zero-order valence-electron chi connectivity index (χ0n) is 10.6. The Morgan fingerprint density at radius 1 is 1.35 bits per heavy atom. The van der Waals surface area contributed by atoms with Crippen molar-refractivity contribution < 1.29 is 0 Å². The number of hydrogen-bond acceptors (Lipinski definition) is 5. The fourth-order valence-electron chi connectivity index (χ4n) is 2.43. The van der Waals surface area contributed by atoms with E-state index in [9.17, 15) is 0 Å². The molecule has 17 heavy (non-hydrogen) atoms. The summed E-state index contributed by atoms with van der Waals surface area (Å²) in [6.07, 6.45) is 5.28. The lowest BCUT2D eigenvalue weighted by Gasteiger charge is -2.24. The van der Waals surface area contributed by atoms with Gasteiger partial charge in [0, 0.05) is 18.3 Å². The molecule has 5 heteroatoms. The Morgan fingerprint density at radius 2 is 2.06 bits per heavy atom. The van der Waals surface area contributed by atoms with Crippen molar-refractivity contribution in [2.75, 3.05) is 17.3 Å². The number of aromatic nitrogens is 2. The molecule has 1 heterocycles. The number of anilines is 2. The Kier molecular flexibility index (Phi) is 3.47. The van der Waals surface area contributed by atoms with Gasteiger partial charge < -0.3 is 5.32 Å². The van der Waals surface area contributed by atoms with E-state index < -0.39 is 0 Å². The summed E-state index contributed by atoms with van der Waals surface area (Å²) < 4.78 is 0. The highest BCUT2D eigenvalue weighted by molar-refractivity contribution is 5.41. The van der Waals surface area contributed by atoms with E-state index in [4.69, 9.17) is 5.84 Å². The fourth-order valence-corrected chi connectivity index (χ4v) is 2.43. The molecule has 0 atom stereocenters. The lowest BCUT2D eigenvalue weighted by atomic mass is 9.89. The second kappa shape index (κ2) is 4.87. The van der Waals surface area contributed by atoms with Crippen molar-refractivity contribution in [2.24, 2.45) is 11.3 Å². The highest BCUT2D eigenvalue weighted by Crippen LogP contribution is 2.37. The van der Waals surface area contributed by atoms with Crippen molar-refractivity contribution in [3.05, 3.63) is 11.8 Å². The first-order valence-corrected chi connectivity index (χ1v) is 6.17. The van der Waals surface area contributed by atoms with E-state index >= 15 is 0 Å². The molecular formula is C12H21N5. The van der Waals surface area contributed by atoms with Gasteiger partial charge in [0.1, 0.15) is 5.82 Å². The number of hydrazine groups is 1. The second-order valence-electron chi connectivity index (χ2n) is 5.23. The van der Waals surface area contributed by atoms with Gasteiger partial charge in [0.2, 0.25) is 5.95 Å². The average Bonchev–Trinajstić information content (AvgIpc) is 2.73. The van der Waals surface area contributed by atoms with Crippen LogP contribution in [0.15, 0.2) is 6.07 Å². The monoisotopic (exact) mass is 235 g/mol. The predicted molar refractivity (Wildman–Crippen MR) is 69.6 cm³/mol. The minimum atomic E-state index is 0.412. The standard InChI is InChI=1S/C12H21N5/c1-9-7-10(16-11(15-9)17-13)14-8-12(2)5-3-4-6-12/h7H,3-6,8,13H2,1-2H3,(H2,14,15,16,17). The van der Waals surface area contributed by atoms with Crippen LogP contribution in [0.1, 0.15) is 38.3 Å². The van der Waals surface area contributed by atoms with Gasteiger partial charge >= 0.3 is 0 Å². The zero-order chi connectivity index (χ0) is 12.3. The van der Waals surface area contributed by atoms with Gasteiger partial charge in [0.05, 0.1) is 0 Å². The van der Waals surface area contributed by atoms with Crippen molar-refractivity contribution >= 4 is 11.8 Å². The number of aryl methyl sites for hydroxylation is 1. The summed E-state index contributed by atoms with van der Waals surface area (Å²) in [6.45, 7) is 5.24. The Bertz CT molecular complexity index is 384. The molecule has 0 aliphatic heterocycles. The van der Waals surface area contributed by atoms with E-state index in [0.717, 1.165) is 18.1 Å². The van der Waals surface area contributed by atoms with Crippen LogP contribution < -0.4 is 16.6 Å². The van der Waals surface area contributed by atoms with Crippen LogP contribution in [0.4, 0.5) is 11.8 Å². The molecular weight excluding hydrogens is 214 g/mol. The summed E-state index contributed by atoms with van der Waals surface area (Å²) in [7, 11) is 0. The normalized spacial score (nSPS) is 18.1. The first-order valence-electron chi connectivity index (χ1n) is 6.17. The van der Waals surface area contributed by atoms with Crippen LogP contribution in [0.2, 0.25) is 0 Å². The minimum absolute atomic E-state index is 0.412. The molecule has 4 N–H and O–H groups in total. The molecule has 1 aromatic rings. The number of rotatable bonds is 4. The molecule has 1 saturated carbocycles. The Morgan fingerprint density at radius 3 is 2.71 bits per heavy atom. The number of nitrogen functional groups attached to an aromatic ring is 1. The van der Waals surface area contributed by atoms with Gasteiger partial charge in [-0.1, -0.05) is 19.8 Å². The van der Waals surface area contributed by atoms with Gasteiger partial charge in [-0.2, -0.15) is 4.98 Å². The summed E-state index contributed by atoms with van der Waals surface area (Å²) in [5.41, 5.74) is 3.80. The first kappa shape index (κ1) is 12.1. The summed E-state index contributed by atoms with van der Waals surface area (Å²) in [5, 5.41) is 3.40. The minimum Gasteiger partial charge on any atom is -0.369 e. The number of nitrogens with zero attached hydrogens (tertiary/aromatic N) is 2. The van der Waals surface area contributed by atoms with Crippen molar-refractivity contribution in [3.63, 3.8) is 0 Å². The van der Waals surface area contributed by atoms with E-state index in [1.807, 2.05) is 13.0 Å². The van der Waals surface area contributed by atoms with Crippen molar-refractivity contribution in [1.82, 2.24) is 9.97 Å². The van der Waals surface area contributed by atoms with E-state index in [1.165, 1.54) is 25.7 Å². The van der Waals surface area contributed by atoms with Crippen molar-refractivity contribution in [1.29, 1.82) is 0 Å². The quantitative estimate of drug-likeness (QED) is 0.550. The topological polar surface area (TPSA) is 75.9 Å². The summed E-state index contributed by atoms with van der Waals surface area (Å²) in [6, 6.07) is 1.94. The molecule has 0 saturated heterocycles. The first-order chi connectivity index (χ1) is 8.11. The molecule has 0 radical (unpaired) electrons. The lowest BCUT2D eigenvalue weighted by Crippen LogP contribution is -2.23. The van der Waals surface area contributed by atoms with E-state index in [-0.39, 0.29) is 0 Å². The molecule has 0 bridgehead atoms. The largest absolute Gasteiger partial charge is 0.369 e. The third-order valence-electron chi connectivity index (χ3n) is 3.49. The van der Waals surface area contributed by atoms with E-state index in [2.05, 4.69) is 27.6 Å². The maximum absolute atomic E-state index is 5.33. The number of nitrogens with one attached hydrogen (secondary N) is 2. The van der Waals surface area contributed by atoms with Crippen LogP contribution in [0.25, 0.3) is 0 Å². The van der Waals surface area contributed by atoms with E-state index in [0.29, 0.717) is 11.4 Å². The third kappa shape index (κ3) is 3.06. The van der Waals surface area contributed by atoms with Crippen LogP contribution in [0, 0.1) is 12.3 Å². The summed E-state index contributed by atoms with van der Waals surface area (Å²) in [5.74, 6) is 6.64. The maximum atomic E-state index is 5.33. The lowest BCUT2D eigenvalue weighted by molar-refractivity contribution is 0.361. The molecule has 94 valence electrons. The molecule has 0 unspecified atom stereocenters. The van der Waals surface area contributed by atoms with Crippen molar-refractivity contribution in [2.45, 2.75) is 39.5 Å². The van der Waals surface area contributed by atoms with Gasteiger partial charge in [-0.3, -0.25) is 5.43 Å². The summed E-state index contributed by atoms with van der Waals surface area (Å²) >= 11 is 0. The molecule has 0 spiro atoms. The summed E-state index contributed by atoms with van der Waals surface area (Å²) in [4.78, 5) is 8.45. The van der Waals surface area contributed by atoms with Gasteiger partial charge in [-0.15, -0.1) is 0 Å². The van der Waals surface area contributed by atoms with Crippen molar-refractivity contribution in [3.8, 4) is 0 Å². The van der Waals surface area contributed by atoms with Gasteiger partial charge in [0.15, 0.2) is 0 Å². The SMILES string of the molecule is Cc1cc(NCC2(C)CCCC2)nc(NN)n1. The fraction of sp³-hybridized carbons (Fsp3) is 0.667. The molecule has 1 fully saturated rings. The molecule has 0 amide bonds. The van der Waals surface area contributed by atoms with Crippen LogP contribution in [0.5, 0.6) is 0 Å². The second-order valence-corrected chi connectivity index (χ2v) is 5.23. The smallest absolute Gasteiger partial charge is 0.239 e. The maximum Gasteiger partial charge on any atom is 0.239 e. The number of hydrogen-bond donors (Lipinski definition) is 3. The Labute approximate surface area is 102 Å². The molecule has 1 aliphatic rings. The number of nitrogens with two attached hydrogens (primary N) is 1.